The Hall–Kier alpha value is -1.33. The van der Waals surface area contributed by atoms with Gasteiger partial charge in [0.05, 0.1) is 6.20 Å². The highest BCUT2D eigenvalue weighted by Gasteiger charge is 2.14. The zero-order valence-corrected chi connectivity index (χ0v) is 11.0. The summed E-state index contributed by atoms with van der Waals surface area (Å²) in [5.74, 6) is -0.816. The molecule has 0 saturated heterocycles. The van der Waals surface area contributed by atoms with E-state index in [2.05, 4.69) is 20.9 Å². The van der Waals surface area contributed by atoms with Crippen LogP contribution in [-0.4, -0.2) is 4.98 Å². The Morgan fingerprint density at radius 2 is 2.00 bits per heavy atom. The molecule has 2 N–H and O–H groups in total. The zero-order chi connectivity index (χ0) is 13.1. The fraction of sp³-hybridized carbons (Fsp3) is 0.154. The summed E-state index contributed by atoms with van der Waals surface area (Å²) in [5, 5.41) is 0. The van der Waals surface area contributed by atoms with Gasteiger partial charge in [0.2, 0.25) is 0 Å². The SMILES string of the molecule is NC(Cc1cc(Br)ccc1F)c1ccncc1F. The molecule has 2 aromatic rings. The van der Waals surface area contributed by atoms with Crippen LogP contribution >= 0.6 is 15.9 Å². The van der Waals surface area contributed by atoms with E-state index in [0.717, 1.165) is 10.7 Å². The van der Waals surface area contributed by atoms with Gasteiger partial charge in [0, 0.05) is 22.3 Å². The quantitative estimate of drug-likeness (QED) is 0.943. The lowest BCUT2D eigenvalue weighted by Gasteiger charge is -2.13. The van der Waals surface area contributed by atoms with Crippen molar-refractivity contribution in [3.8, 4) is 0 Å². The summed E-state index contributed by atoms with van der Waals surface area (Å²) in [5.41, 5.74) is 6.69. The lowest BCUT2D eigenvalue weighted by molar-refractivity contribution is 0.559. The second kappa shape index (κ2) is 5.54. The normalized spacial score (nSPS) is 12.4. The molecule has 1 unspecified atom stereocenters. The smallest absolute Gasteiger partial charge is 0.146 e. The highest BCUT2D eigenvalue weighted by Crippen LogP contribution is 2.22. The second-order valence-electron chi connectivity index (χ2n) is 3.94. The number of nitrogens with zero attached hydrogens (tertiary/aromatic N) is 1. The van der Waals surface area contributed by atoms with Crippen LogP contribution in [0.3, 0.4) is 0 Å². The number of nitrogens with two attached hydrogens (primary N) is 1. The topological polar surface area (TPSA) is 38.9 Å². The Morgan fingerprint density at radius 1 is 1.22 bits per heavy atom. The molecule has 0 amide bonds. The van der Waals surface area contributed by atoms with Gasteiger partial charge in [-0.25, -0.2) is 8.78 Å². The first-order chi connectivity index (χ1) is 8.58. The highest BCUT2D eigenvalue weighted by atomic mass is 79.9. The third-order valence-corrected chi connectivity index (χ3v) is 3.14. The maximum atomic E-state index is 13.6. The van der Waals surface area contributed by atoms with Crippen molar-refractivity contribution in [1.29, 1.82) is 0 Å². The van der Waals surface area contributed by atoms with Gasteiger partial charge < -0.3 is 5.73 Å². The lowest BCUT2D eigenvalue weighted by Crippen LogP contribution is -2.16. The molecule has 94 valence electrons. The van der Waals surface area contributed by atoms with E-state index in [4.69, 9.17) is 5.73 Å². The molecule has 0 spiro atoms. The van der Waals surface area contributed by atoms with Gasteiger partial charge in [0.15, 0.2) is 0 Å². The van der Waals surface area contributed by atoms with Crippen LogP contribution in [-0.2, 0) is 6.42 Å². The van der Waals surface area contributed by atoms with Crippen molar-refractivity contribution in [1.82, 2.24) is 4.98 Å². The molecule has 1 atom stereocenters. The Labute approximate surface area is 112 Å². The van der Waals surface area contributed by atoms with Crippen LogP contribution in [0.25, 0.3) is 0 Å². The molecule has 0 fully saturated rings. The number of benzene rings is 1. The largest absolute Gasteiger partial charge is 0.324 e. The molecule has 1 heterocycles. The van der Waals surface area contributed by atoms with Gasteiger partial charge in [-0.05, 0) is 36.2 Å². The third kappa shape index (κ3) is 2.91. The van der Waals surface area contributed by atoms with Crippen molar-refractivity contribution in [2.75, 3.05) is 0 Å². The molecule has 0 aliphatic rings. The molecule has 0 aliphatic heterocycles. The van der Waals surface area contributed by atoms with Crippen LogP contribution < -0.4 is 5.73 Å². The van der Waals surface area contributed by atoms with Gasteiger partial charge in [-0.1, -0.05) is 15.9 Å². The first-order valence-electron chi connectivity index (χ1n) is 5.37. The van der Waals surface area contributed by atoms with Crippen molar-refractivity contribution < 1.29 is 8.78 Å². The highest BCUT2D eigenvalue weighted by molar-refractivity contribution is 9.10. The van der Waals surface area contributed by atoms with E-state index >= 15 is 0 Å². The van der Waals surface area contributed by atoms with E-state index in [1.54, 1.807) is 12.1 Å². The van der Waals surface area contributed by atoms with Crippen LogP contribution in [0.15, 0.2) is 41.1 Å². The molecular formula is C13H11BrF2N2. The fourth-order valence-corrected chi connectivity index (χ4v) is 2.14. The minimum atomic E-state index is -0.600. The first kappa shape index (κ1) is 13.1. The Kier molecular flexibility index (Phi) is 4.04. The molecule has 0 bridgehead atoms. The van der Waals surface area contributed by atoms with E-state index in [-0.39, 0.29) is 12.2 Å². The molecule has 5 heteroatoms. The molecule has 1 aromatic heterocycles. The predicted molar refractivity (Wildman–Crippen MR) is 68.9 cm³/mol. The van der Waals surface area contributed by atoms with Gasteiger partial charge in [-0.2, -0.15) is 0 Å². The van der Waals surface area contributed by atoms with Gasteiger partial charge in [0.1, 0.15) is 11.6 Å². The van der Waals surface area contributed by atoms with Crippen LogP contribution in [0.5, 0.6) is 0 Å². The van der Waals surface area contributed by atoms with Crippen LogP contribution in [0.2, 0.25) is 0 Å². The van der Waals surface area contributed by atoms with E-state index in [1.807, 2.05) is 0 Å². The molecule has 0 saturated carbocycles. The maximum Gasteiger partial charge on any atom is 0.146 e. The zero-order valence-electron chi connectivity index (χ0n) is 9.41. The number of pyridine rings is 1. The summed E-state index contributed by atoms with van der Waals surface area (Å²) >= 11 is 3.27. The third-order valence-electron chi connectivity index (χ3n) is 2.65. The van der Waals surface area contributed by atoms with Gasteiger partial charge in [-0.15, -0.1) is 0 Å². The fourth-order valence-electron chi connectivity index (χ4n) is 1.73. The van der Waals surface area contributed by atoms with Gasteiger partial charge >= 0.3 is 0 Å². The van der Waals surface area contributed by atoms with Crippen LogP contribution in [0, 0.1) is 11.6 Å². The Balaban J connectivity index is 2.24. The summed E-state index contributed by atoms with van der Waals surface area (Å²) in [6, 6.07) is 5.52. The maximum absolute atomic E-state index is 13.6. The number of hydrogen-bond acceptors (Lipinski definition) is 2. The van der Waals surface area contributed by atoms with E-state index in [1.165, 1.54) is 18.3 Å². The number of hydrogen-bond donors (Lipinski definition) is 1. The number of aromatic nitrogens is 1. The molecule has 0 aliphatic carbocycles. The summed E-state index contributed by atoms with van der Waals surface area (Å²) in [6.45, 7) is 0. The van der Waals surface area contributed by atoms with Crippen molar-refractivity contribution >= 4 is 15.9 Å². The second-order valence-corrected chi connectivity index (χ2v) is 4.86. The molecule has 2 nitrogen and oxygen atoms in total. The van der Waals surface area contributed by atoms with E-state index < -0.39 is 11.9 Å². The van der Waals surface area contributed by atoms with E-state index in [0.29, 0.717) is 11.1 Å². The van der Waals surface area contributed by atoms with Crippen molar-refractivity contribution in [2.24, 2.45) is 5.73 Å². The molecule has 18 heavy (non-hydrogen) atoms. The standard InChI is InChI=1S/C13H11BrF2N2/c14-9-1-2-11(15)8(5-9)6-13(17)10-3-4-18-7-12(10)16/h1-5,7,13H,6,17H2. The Morgan fingerprint density at radius 3 is 2.72 bits per heavy atom. The number of halogens is 3. The summed E-state index contributed by atoms with van der Waals surface area (Å²) in [6.07, 6.45) is 2.80. The van der Waals surface area contributed by atoms with Crippen LogP contribution in [0.1, 0.15) is 17.2 Å². The molecule has 2 rings (SSSR count). The minimum absolute atomic E-state index is 0.228. The lowest BCUT2D eigenvalue weighted by atomic mass is 10.00. The summed E-state index contributed by atoms with van der Waals surface area (Å²) in [7, 11) is 0. The number of rotatable bonds is 3. The minimum Gasteiger partial charge on any atom is -0.324 e. The first-order valence-corrected chi connectivity index (χ1v) is 6.16. The monoisotopic (exact) mass is 312 g/mol. The van der Waals surface area contributed by atoms with Crippen molar-refractivity contribution in [2.45, 2.75) is 12.5 Å². The van der Waals surface area contributed by atoms with Gasteiger partial charge in [-0.3, -0.25) is 4.98 Å². The van der Waals surface area contributed by atoms with E-state index in [9.17, 15) is 8.78 Å². The average molecular weight is 313 g/mol. The summed E-state index contributed by atoms with van der Waals surface area (Å²) < 4.78 is 27.8. The molecule has 1 aromatic carbocycles. The van der Waals surface area contributed by atoms with Crippen LogP contribution in [0.4, 0.5) is 8.78 Å². The van der Waals surface area contributed by atoms with Gasteiger partial charge in [0.25, 0.3) is 0 Å². The predicted octanol–water partition coefficient (Wildman–Crippen LogP) is 3.36. The Bertz CT molecular complexity index is 560. The van der Waals surface area contributed by atoms with Crippen molar-refractivity contribution in [3.63, 3.8) is 0 Å². The average Bonchev–Trinajstić information content (AvgIpc) is 2.34. The molecule has 0 radical (unpaired) electrons. The molecular weight excluding hydrogens is 302 g/mol. The summed E-state index contributed by atoms with van der Waals surface area (Å²) in [4.78, 5) is 3.65. The van der Waals surface area contributed by atoms with Crippen molar-refractivity contribution in [3.05, 3.63) is 63.9 Å².